The Morgan fingerprint density at radius 3 is 2.93 bits per heavy atom. The van der Waals surface area contributed by atoms with Crippen molar-refractivity contribution in [2.75, 3.05) is 26.7 Å². The minimum absolute atomic E-state index is 0.0323. The molecule has 2 N–H and O–H groups in total. The Morgan fingerprint density at radius 2 is 2.36 bits per heavy atom. The van der Waals surface area contributed by atoms with Crippen molar-refractivity contribution in [3.05, 3.63) is 0 Å². The molecule has 1 aliphatic rings. The van der Waals surface area contributed by atoms with Crippen LogP contribution in [0.4, 0.5) is 0 Å². The van der Waals surface area contributed by atoms with E-state index in [0.29, 0.717) is 12.3 Å². The molecule has 1 aliphatic heterocycles. The first-order chi connectivity index (χ1) is 6.72. The van der Waals surface area contributed by atoms with E-state index in [1.807, 2.05) is 0 Å². The van der Waals surface area contributed by atoms with Crippen molar-refractivity contribution in [1.29, 1.82) is 0 Å². The van der Waals surface area contributed by atoms with Gasteiger partial charge in [-0.1, -0.05) is 0 Å². The minimum Gasteiger partial charge on any atom is -0.468 e. The van der Waals surface area contributed by atoms with Gasteiger partial charge in [0.2, 0.25) is 5.91 Å². The van der Waals surface area contributed by atoms with Gasteiger partial charge in [0, 0.05) is 6.42 Å². The maximum Gasteiger partial charge on any atom is 0.325 e. The smallest absolute Gasteiger partial charge is 0.325 e. The predicted molar refractivity (Wildman–Crippen MR) is 50.6 cm³/mol. The average Bonchev–Trinajstić information content (AvgIpc) is 2.66. The van der Waals surface area contributed by atoms with Gasteiger partial charge in [-0.2, -0.15) is 0 Å². The molecule has 0 aromatic rings. The van der Waals surface area contributed by atoms with Crippen LogP contribution in [0.25, 0.3) is 0 Å². The van der Waals surface area contributed by atoms with Crippen molar-refractivity contribution in [3.63, 3.8) is 0 Å². The highest BCUT2D eigenvalue weighted by Gasteiger charge is 2.18. The first-order valence-electron chi connectivity index (χ1n) is 4.76. The van der Waals surface area contributed by atoms with Crippen LogP contribution in [0.1, 0.15) is 12.8 Å². The van der Waals surface area contributed by atoms with E-state index in [-0.39, 0.29) is 12.5 Å². The largest absolute Gasteiger partial charge is 0.468 e. The zero-order chi connectivity index (χ0) is 10.4. The second kappa shape index (κ2) is 5.59. The summed E-state index contributed by atoms with van der Waals surface area (Å²) in [5.41, 5.74) is 0. The van der Waals surface area contributed by atoms with Gasteiger partial charge in [-0.05, 0) is 25.4 Å². The molecule has 0 saturated carbocycles. The van der Waals surface area contributed by atoms with Crippen molar-refractivity contribution in [3.8, 4) is 0 Å². The van der Waals surface area contributed by atoms with E-state index in [2.05, 4.69) is 15.4 Å². The highest BCUT2D eigenvalue weighted by atomic mass is 16.5. The summed E-state index contributed by atoms with van der Waals surface area (Å²) in [6, 6.07) is 0. The van der Waals surface area contributed by atoms with Crippen LogP contribution in [0, 0.1) is 5.92 Å². The molecule has 1 rings (SSSR count). The fraction of sp³-hybridized carbons (Fsp3) is 0.778. The monoisotopic (exact) mass is 200 g/mol. The Labute approximate surface area is 83.2 Å². The van der Waals surface area contributed by atoms with Gasteiger partial charge in [-0.15, -0.1) is 0 Å². The molecule has 1 saturated heterocycles. The lowest BCUT2D eigenvalue weighted by Gasteiger charge is -2.07. The summed E-state index contributed by atoms with van der Waals surface area (Å²) in [5.74, 6) is -0.0837. The minimum atomic E-state index is -0.414. The van der Waals surface area contributed by atoms with E-state index in [0.717, 1.165) is 19.5 Å². The van der Waals surface area contributed by atoms with E-state index in [4.69, 9.17) is 0 Å². The molecular weight excluding hydrogens is 184 g/mol. The maximum atomic E-state index is 11.3. The molecule has 1 amide bonds. The van der Waals surface area contributed by atoms with Crippen LogP contribution in [0.5, 0.6) is 0 Å². The lowest BCUT2D eigenvalue weighted by molar-refractivity contribution is -0.141. The number of carbonyl (C=O) groups excluding carboxylic acids is 2. The van der Waals surface area contributed by atoms with Crippen molar-refractivity contribution < 1.29 is 14.3 Å². The van der Waals surface area contributed by atoms with Crippen molar-refractivity contribution in [2.24, 2.45) is 5.92 Å². The van der Waals surface area contributed by atoms with Gasteiger partial charge in [0.1, 0.15) is 6.54 Å². The summed E-state index contributed by atoms with van der Waals surface area (Å²) in [4.78, 5) is 22.0. The molecule has 1 atom stereocenters. The van der Waals surface area contributed by atoms with Crippen LogP contribution in [0.3, 0.4) is 0 Å². The summed E-state index contributed by atoms with van der Waals surface area (Å²) in [6.07, 6.45) is 1.52. The molecule has 0 radical (unpaired) electrons. The number of nitrogens with one attached hydrogen (secondary N) is 2. The standard InChI is InChI=1S/C9H16N2O3/c1-14-9(13)6-11-8(12)4-7-2-3-10-5-7/h7,10H,2-6H2,1H3,(H,11,12). The molecule has 0 aromatic carbocycles. The number of carbonyl (C=O) groups is 2. The fourth-order valence-corrected chi connectivity index (χ4v) is 1.47. The third kappa shape index (κ3) is 3.74. The van der Waals surface area contributed by atoms with E-state index in [1.165, 1.54) is 7.11 Å². The lowest BCUT2D eigenvalue weighted by Crippen LogP contribution is -2.31. The van der Waals surface area contributed by atoms with Crippen molar-refractivity contribution >= 4 is 11.9 Å². The van der Waals surface area contributed by atoms with Gasteiger partial charge in [-0.3, -0.25) is 9.59 Å². The summed E-state index contributed by atoms with van der Waals surface area (Å²) in [7, 11) is 1.30. The SMILES string of the molecule is COC(=O)CNC(=O)CC1CCNC1. The van der Waals surface area contributed by atoms with Crippen LogP contribution in [0.2, 0.25) is 0 Å². The van der Waals surface area contributed by atoms with Gasteiger partial charge in [0.05, 0.1) is 7.11 Å². The van der Waals surface area contributed by atoms with Gasteiger partial charge >= 0.3 is 5.97 Å². The number of methoxy groups -OCH3 is 1. The molecule has 5 heteroatoms. The molecule has 0 aliphatic carbocycles. The molecule has 5 nitrogen and oxygen atoms in total. The molecule has 0 spiro atoms. The van der Waals surface area contributed by atoms with E-state index >= 15 is 0 Å². The van der Waals surface area contributed by atoms with Crippen molar-refractivity contribution in [1.82, 2.24) is 10.6 Å². The first kappa shape index (κ1) is 11.0. The highest BCUT2D eigenvalue weighted by molar-refractivity contribution is 5.81. The number of hydrogen-bond acceptors (Lipinski definition) is 4. The van der Waals surface area contributed by atoms with E-state index in [9.17, 15) is 9.59 Å². The van der Waals surface area contributed by atoms with Crippen LogP contribution >= 0.6 is 0 Å². The third-order valence-corrected chi connectivity index (χ3v) is 2.29. The second-order valence-electron chi connectivity index (χ2n) is 3.42. The third-order valence-electron chi connectivity index (χ3n) is 2.29. The number of amides is 1. The molecule has 0 bridgehead atoms. The normalized spacial score (nSPS) is 20.5. The van der Waals surface area contributed by atoms with Gasteiger partial charge in [-0.25, -0.2) is 0 Å². The molecule has 1 heterocycles. The second-order valence-corrected chi connectivity index (χ2v) is 3.42. The van der Waals surface area contributed by atoms with Crippen molar-refractivity contribution in [2.45, 2.75) is 12.8 Å². The number of ether oxygens (including phenoxy) is 1. The Balaban J connectivity index is 2.12. The first-order valence-corrected chi connectivity index (χ1v) is 4.76. The van der Waals surface area contributed by atoms with Crippen LogP contribution in [-0.2, 0) is 14.3 Å². The number of hydrogen-bond donors (Lipinski definition) is 2. The maximum absolute atomic E-state index is 11.3. The lowest BCUT2D eigenvalue weighted by atomic mass is 10.0. The number of rotatable bonds is 4. The molecule has 1 fully saturated rings. The predicted octanol–water partition coefficient (Wildman–Crippen LogP) is -0.725. The Hall–Kier alpha value is -1.10. The summed E-state index contributed by atoms with van der Waals surface area (Å²) >= 11 is 0. The van der Waals surface area contributed by atoms with Crippen LogP contribution in [0.15, 0.2) is 0 Å². The molecule has 14 heavy (non-hydrogen) atoms. The van der Waals surface area contributed by atoms with Gasteiger partial charge in [0.25, 0.3) is 0 Å². The Kier molecular flexibility index (Phi) is 4.39. The molecular formula is C9H16N2O3. The van der Waals surface area contributed by atoms with Gasteiger partial charge < -0.3 is 15.4 Å². The zero-order valence-electron chi connectivity index (χ0n) is 8.34. The Bertz CT molecular complexity index is 212. The summed E-state index contributed by atoms with van der Waals surface area (Å²) in [5, 5.41) is 5.70. The summed E-state index contributed by atoms with van der Waals surface area (Å²) in [6.45, 7) is 1.84. The van der Waals surface area contributed by atoms with Crippen LogP contribution in [-0.4, -0.2) is 38.6 Å². The molecule has 80 valence electrons. The zero-order valence-corrected chi connectivity index (χ0v) is 8.34. The van der Waals surface area contributed by atoms with Gasteiger partial charge in [0.15, 0.2) is 0 Å². The quantitative estimate of drug-likeness (QED) is 0.587. The highest BCUT2D eigenvalue weighted by Crippen LogP contribution is 2.11. The summed E-state index contributed by atoms with van der Waals surface area (Å²) < 4.78 is 4.40. The topological polar surface area (TPSA) is 67.4 Å². The molecule has 0 aromatic heterocycles. The molecule has 1 unspecified atom stereocenters. The number of esters is 1. The average molecular weight is 200 g/mol. The van der Waals surface area contributed by atoms with Crippen LogP contribution < -0.4 is 10.6 Å². The fourth-order valence-electron chi connectivity index (χ4n) is 1.47. The van der Waals surface area contributed by atoms with E-state index < -0.39 is 5.97 Å². The van der Waals surface area contributed by atoms with E-state index in [1.54, 1.807) is 0 Å². The Morgan fingerprint density at radius 1 is 1.57 bits per heavy atom.